The lowest BCUT2D eigenvalue weighted by Crippen LogP contribution is -2.19. The number of benzene rings is 2. The highest BCUT2D eigenvalue weighted by molar-refractivity contribution is 6.01. The Morgan fingerprint density at radius 1 is 1.06 bits per heavy atom. The van der Waals surface area contributed by atoms with Gasteiger partial charge in [-0.15, -0.1) is 0 Å². The summed E-state index contributed by atoms with van der Waals surface area (Å²) in [6.07, 6.45) is 2.75. The first kappa shape index (κ1) is 23.7. The Labute approximate surface area is 197 Å². The Morgan fingerprint density at radius 3 is 2.44 bits per heavy atom. The number of aliphatic hydroxyl groups excluding tert-OH is 2. The van der Waals surface area contributed by atoms with Gasteiger partial charge in [0.05, 0.1) is 29.8 Å². The normalized spacial score (nSPS) is 13.8. The van der Waals surface area contributed by atoms with E-state index in [0.29, 0.717) is 0 Å². The van der Waals surface area contributed by atoms with E-state index in [-0.39, 0.29) is 18.2 Å². The monoisotopic (exact) mass is 461 g/mol. The summed E-state index contributed by atoms with van der Waals surface area (Å²) in [6, 6.07) is 16.5. The standard InChI is InChI=1S/C28H28FNO4/c1-17(2)26-24(12-11-21(31)15-22(32)16-25(33)34)27(19-7-9-20(29)10-8-19)30-14-13-18-5-3-4-6-23(18)28(26)30/h3-14,17,21-22,31-32H,15-16H2,1-2H3,(H,33,34)/b12-11+. The number of aliphatic hydroxyl groups is 2. The molecule has 0 aliphatic rings. The largest absolute Gasteiger partial charge is 0.481 e. The van der Waals surface area contributed by atoms with Gasteiger partial charge >= 0.3 is 5.97 Å². The summed E-state index contributed by atoms with van der Waals surface area (Å²) >= 11 is 0. The first-order chi connectivity index (χ1) is 16.3. The second-order valence-electron chi connectivity index (χ2n) is 8.87. The molecule has 0 aliphatic heterocycles. The fraction of sp³-hybridized carbons (Fsp3) is 0.250. The lowest BCUT2D eigenvalue weighted by Gasteiger charge is -2.12. The Bertz CT molecular complexity index is 1350. The number of aliphatic carboxylic acids is 1. The van der Waals surface area contributed by atoms with E-state index in [2.05, 4.69) is 30.4 Å². The molecule has 0 amide bonds. The summed E-state index contributed by atoms with van der Waals surface area (Å²) in [4.78, 5) is 10.8. The van der Waals surface area contributed by atoms with Crippen molar-refractivity contribution in [2.45, 2.75) is 44.8 Å². The maximum Gasteiger partial charge on any atom is 0.305 e. The summed E-state index contributed by atoms with van der Waals surface area (Å²) in [6.45, 7) is 4.21. The van der Waals surface area contributed by atoms with Gasteiger partial charge in [-0.2, -0.15) is 0 Å². The summed E-state index contributed by atoms with van der Waals surface area (Å²) < 4.78 is 15.8. The molecule has 0 saturated heterocycles. The van der Waals surface area contributed by atoms with Gasteiger partial charge in [0, 0.05) is 23.6 Å². The van der Waals surface area contributed by atoms with Crippen LogP contribution in [0.5, 0.6) is 0 Å². The number of pyridine rings is 1. The zero-order valence-corrected chi connectivity index (χ0v) is 19.1. The van der Waals surface area contributed by atoms with Gasteiger partial charge in [-0.3, -0.25) is 4.79 Å². The number of hydrogen-bond donors (Lipinski definition) is 3. The molecule has 2 aromatic heterocycles. The topological polar surface area (TPSA) is 82.2 Å². The summed E-state index contributed by atoms with van der Waals surface area (Å²) in [7, 11) is 0. The van der Waals surface area contributed by atoms with Gasteiger partial charge < -0.3 is 19.7 Å². The summed E-state index contributed by atoms with van der Waals surface area (Å²) in [5.41, 5.74) is 4.74. The van der Waals surface area contributed by atoms with Crippen LogP contribution >= 0.6 is 0 Å². The highest BCUT2D eigenvalue weighted by Crippen LogP contribution is 2.40. The zero-order chi connectivity index (χ0) is 24.4. The van der Waals surface area contributed by atoms with Gasteiger partial charge in [0.2, 0.25) is 0 Å². The maximum atomic E-state index is 13.7. The van der Waals surface area contributed by atoms with Crippen LogP contribution in [0.25, 0.3) is 33.6 Å². The number of fused-ring (bicyclic) bond motifs is 3. The zero-order valence-electron chi connectivity index (χ0n) is 19.1. The van der Waals surface area contributed by atoms with Crippen molar-refractivity contribution in [3.63, 3.8) is 0 Å². The van der Waals surface area contributed by atoms with E-state index in [1.165, 1.54) is 12.1 Å². The Hall–Kier alpha value is -3.48. The number of hydrogen-bond acceptors (Lipinski definition) is 3. The van der Waals surface area contributed by atoms with Crippen molar-refractivity contribution in [3.8, 4) is 11.3 Å². The highest BCUT2D eigenvalue weighted by Gasteiger charge is 2.22. The average molecular weight is 462 g/mol. The Kier molecular flexibility index (Phi) is 6.82. The molecule has 6 heteroatoms. The van der Waals surface area contributed by atoms with Crippen LogP contribution in [0.3, 0.4) is 0 Å². The van der Waals surface area contributed by atoms with Crippen molar-refractivity contribution in [1.29, 1.82) is 0 Å². The predicted octanol–water partition coefficient (Wildman–Crippen LogP) is 5.62. The lowest BCUT2D eigenvalue weighted by molar-refractivity contribution is -0.139. The molecule has 0 spiro atoms. The molecule has 5 nitrogen and oxygen atoms in total. The number of carbonyl (C=O) groups is 1. The number of halogens is 1. The fourth-order valence-electron chi connectivity index (χ4n) is 4.57. The second kappa shape index (κ2) is 9.79. The van der Waals surface area contributed by atoms with Crippen molar-refractivity contribution < 1.29 is 24.5 Å². The van der Waals surface area contributed by atoms with Crippen LogP contribution in [0.2, 0.25) is 0 Å². The van der Waals surface area contributed by atoms with Crippen LogP contribution in [-0.4, -0.2) is 37.9 Å². The van der Waals surface area contributed by atoms with E-state index in [1.54, 1.807) is 18.2 Å². The van der Waals surface area contributed by atoms with Crippen molar-refractivity contribution in [2.24, 2.45) is 0 Å². The first-order valence-electron chi connectivity index (χ1n) is 11.3. The van der Waals surface area contributed by atoms with Crippen LogP contribution in [-0.2, 0) is 4.79 Å². The quantitative estimate of drug-likeness (QED) is 0.318. The minimum atomic E-state index is -1.14. The molecule has 0 radical (unpaired) electrons. The van der Waals surface area contributed by atoms with Crippen molar-refractivity contribution in [1.82, 2.24) is 4.40 Å². The minimum Gasteiger partial charge on any atom is -0.481 e. The van der Waals surface area contributed by atoms with E-state index in [9.17, 15) is 19.4 Å². The van der Waals surface area contributed by atoms with Gasteiger partial charge in [0.15, 0.2) is 0 Å². The van der Waals surface area contributed by atoms with E-state index in [0.717, 1.165) is 38.7 Å². The summed E-state index contributed by atoms with van der Waals surface area (Å²) in [5, 5.41) is 31.4. The van der Waals surface area contributed by atoms with E-state index in [4.69, 9.17) is 5.11 Å². The number of nitrogens with zero attached hydrogens (tertiary/aromatic N) is 1. The molecule has 34 heavy (non-hydrogen) atoms. The minimum absolute atomic E-state index is 0.0814. The van der Waals surface area contributed by atoms with Crippen molar-refractivity contribution in [2.75, 3.05) is 0 Å². The lowest BCUT2D eigenvalue weighted by atomic mass is 9.94. The average Bonchev–Trinajstić information content (AvgIpc) is 3.12. The molecule has 2 atom stereocenters. The van der Waals surface area contributed by atoms with Crippen molar-refractivity contribution in [3.05, 3.63) is 83.8 Å². The maximum absolute atomic E-state index is 13.7. The third-order valence-corrected chi connectivity index (χ3v) is 6.01. The van der Waals surface area contributed by atoms with Gasteiger partial charge in [-0.05, 0) is 52.8 Å². The molecule has 0 saturated carbocycles. The number of carboxylic acid groups (broad SMARTS) is 1. The molecule has 176 valence electrons. The highest BCUT2D eigenvalue weighted by atomic mass is 19.1. The second-order valence-corrected chi connectivity index (χ2v) is 8.87. The predicted molar refractivity (Wildman–Crippen MR) is 132 cm³/mol. The third-order valence-electron chi connectivity index (χ3n) is 6.01. The molecule has 2 heterocycles. The fourth-order valence-corrected chi connectivity index (χ4v) is 4.57. The smallest absolute Gasteiger partial charge is 0.305 e. The van der Waals surface area contributed by atoms with Gasteiger partial charge in [-0.1, -0.05) is 50.3 Å². The van der Waals surface area contributed by atoms with Crippen LogP contribution in [0.15, 0.2) is 66.9 Å². The number of rotatable bonds is 8. The molecular formula is C28H28FNO4. The summed E-state index contributed by atoms with van der Waals surface area (Å²) in [5.74, 6) is -1.29. The molecule has 2 unspecified atom stereocenters. The molecule has 0 fully saturated rings. The van der Waals surface area contributed by atoms with Crippen LogP contribution < -0.4 is 0 Å². The molecule has 0 bridgehead atoms. The molecule has 3 N–H and O–H groups in total. The molecule has 0 aliphatic carbocycles. The third kappa shape index (κ3) is 4.74. The van der Waals surface area contributed by atoms with Crippen molar-refractivity contribution >= 4 is 28.3 Å². The van der Waals surface area contributed by atoms with Crippen LogP contribution in [0.4, 0.5) is 4.39 Å². The molecule has 4 rings (SSSR count). The van der Waals surface area contributed by atoms with E-state index >= 15 is 0 Å². The SMILES string of the molecule is CC(C)c1c(/C=C/C(O)CC(O)CC(=O)O)c(-c2ccc(F)cc2)n2ccc3ccccc3c12. The molecular weight excluding hydrogens is 433 g/mol. The van der Waals surface area contributed by atoms with Crippen LogP contribution in [0.1, 0.15) is 43.7 Å². The number of aromatic nitrogens is 1. The van der Waals surface area contributed by atoms with Gasteiger partial charge in [0.25, 0.3) is 0 Å². The van der Waals surface area contributed by atoms with E-state index < -0.39 is 24.6 Å². The van der Waals surface area contributed by atoms with Crippen LogP contribution in [0, 0.1) is 5.82 Å². The molecule has 4 aromatic rings. The number of carboxylic acids is 1. The Balaban J connectivity index is 1.92. The van der Waals surface area contributed by atoms with E-state index in [1.807, 2.05) is 30.5 Å². The Morgan fingerprint density at radius 2 is 1.76 bits per heavy atom. The first-order valence-corrected chi connectivity index (χ1v) is 11.3. The molecule has 2 aromatic carbocycles. The van der Waals surface area contributed by atoms with Gasteiger partial charge in [-0.25, -0.2) is 4.39 Å². The van der Waals surface area contributed by atoms with Gasteiger partial charge in [0.1, 0.15) is 5.82 Å².